The molecule has 39 heavy (non-hydrogen) atoms. The number of fused-ring (bicyclic) bond motifs is 5. The zero-order chi connectivity index (χ0) is 27.8. The Morgan fingerprint density at radius 3 is 2.49 bits per heavy atom. The molecule has 1 N–H and O–H groups in total. The Balaban J connectivity index is 1.22. The number of benzene rings is 1. The Hall–Kier alpha value is -1.81. The van der Waals surface area contributed by atoms with Gasteiger partial charge in [-0.3, -0.25) is 0 Å². The Kier molecular flexibility index (Phi) is 8.53. The van der Waals surface area contributed by atoms with Crippen LogP contribution in [0.5, 0.6) is 5.75 Å². The molecule has 0 bridgehead atoms. The van der Waals surface area contributed by atoms with Crippen LogP contribution < -0.4 is 4.74 Å². The molecule has 1 aromatic rings. The van der Waals surface area contributed by atoms with Crippen molar-refractivity contribution in [3.63, 3.8) is 0 Å². The summed E-state index contributed by atoms with van der Waals surface area (Å²) in [7, 11) is 0. The number of ether oxygens (including phenoxy) is 2. The summed E-state index contributed by atoms with van der Waals surface area (Å²) in [6.07, 6.45) is 16.5. The van der Waals surface area contributed by atoms with Gasteiger partial charge in [-0.05, 0) is 116 Å². The zero-order valence-corrected chi connectivity index (χ0v) is 25.1. The summed E-state index contributed by atoms with van der Waals surface area (Å²) >= 11 is 0. The van der Waals surface area contributed by atoms with E-state index in [2.05, 4.69) is 40.7 Å². The molecule has 0 amide bonds. The highest BCUT2D eigenvalue weighted by Crippen LogP contribution is 2.67. The lowest BCUT2D eigenvalue weighted by Crippen LogP contribution is -2.51. The average molecular weight is 537 g/mol. The number of hydrogen-bond donors (Lipinski definition) is 1. The van der Waals surface area contributed by atoms with Crippen LogP contribution in [0.25, 0.3) is 0 Å². The molecular formula is C35H52O4. The maximum Gasteiger partial charge on any atom is 0.338 e. The summed E-state index contributed by atoms with van der Waals surface area (Å²) in [6.45, 7) is 12.1. The van der Waals surface area contributed by atoms with Crippen LogP contribution in [0.1, 0.15) is 116 Å². The van der Waals surface area contributed by atoms with E-state index in [-0.39, 0.29) is 24.3 Å². The number of aliphatic hydroxyl groups is 1. The van der Waals surface area contributed by atoms with E-state index in [4.69, 9.17) is 14.6 Å². The third-order valence-electron chi connectivity index (χ3n) is 11.9. The molecule has 0 aromatic heterocycles. The molecule has 1 aromatic carbocycles. The van der Waals surface area contributed by atoms with E-state index in [9.17, 15) is 4.79 Å². The van der Waals surface area contributed by atoms with Crippen LogP contribution in [0, 0.1) is 46.3 Å². The van der Waals surface area contributed by atoms with Crippen LogP contribution in [-0.2, 0) is 4.74 Å². The standard InChI is InChI=1S/C35H52O4/c1-23(2)7-6-8-24(3)30-15-16-31-29-14-11-26-21-28(17-19-34(26,4)32(29)18-20-35(30,31)5)39-33(37)25-9-12-27(13-10-25)38-22-36/h9-13,23-24,28-32,36H,6-8,14-22H2,1-5H3. The van der Waals surface area contributed by atoms with E-state index in [0.29, 0.717) is 16.7 Å². The van der Waals surface area contributed by atoms with E-state index >= 15 is 0 Å². The molecule has 8 atom stereocenters. The van der Waals surface area contributed by atoms with Crippen molar-refractivity contribution < 1.29 is 19.4 Å². The van der Waals surface area contributed by atoms with Gasteiger partial charge in [-0.15, -0.1) is 0 Å². The van der Waals surface area contributed by atoms with Gasteiger partial charge >= 0.3 is 5.97 Å². The van der Waals surface area contributed by atoms with Gasteiger partial charge in [-0.25, -0.2) is 4.79 Å². The van der Waals surface area contributed by atoms with Crippen LogP contribution in [-0.4, -0.2) is 24.0 Å². The van der Waals surface area contributed by atoms with Gasteiger partial charge in [0.1, 0.15) is 11.9 Å². The second-order valence-corrected chi connectivity index (χ2v) is 14.4. The smallest absolute Gasteiger partial charge is 0.338 e. The van der Waals surface area contributed by atoms with Gasteiger partial charge in [0.05, 0.1) is 5.56 Å². The molecular weight excluding hydrogens is 484 g/mol. The fourth-order valence-corrected chi connectivity index (χ4v) is 9.73. The number of hydrogen-bond acceptors (Lipinski definition) is 4. The lowest BCUT2D eigenvalue weighted by molar-refractivity contribution is -0.0594. The van der Waals surface area contributed by atoms with Crippen molar-refractivity contribution in [3.05, 3.63) is 41.5 Å². The number of rotatable bonds is 9. The third-order valence-corrected chi connectivity index (χ3v) is 11.9. The topological polar surface area (TPSA) is 55.8 Å². The Labute approximate surface area is 236 Å². The summed E-state index contributed by atoms with van der Waals surface area (Å²) in [6, 6.07) is 6.82. The maximum atomic E-state index is 12.9. The van der Waals surface area contributed by atoms with E-state index in [1.165, 1.54) is 51.4 Å². The summed E-state index contributed by atoms with van der Waals surface area (Å²) < 4.78 is 11.1. The highest BCUT2D eigenvalue weighted by atomic mass is 16.6. The molecule has 0 saturated heterocycles. The van der Waals surface area contributed by atoms with Gasteiger partial charge in [-0.2, -0.15) is 0 Å². The van der Waals surface area contributed by atoms with Crippen molar-refractivity contribution in [2.45, 2.75) is 111 Å². The predicted molar refractivity (Wildman–Crippen MR) is 156 cm³/mol. The molecule has 8 unspecified atom stereocenters. The van der Waals surface area contributed by atoms with Crippen molar-refractivity contribution >= 4 is 5.97 Å². The minimum atomic E-state index is -0.375. The number of carbonyl (C=O) groups is 1. The summed E-state index contributed by atoms with van der Waals surface area (Å²) in [5.41, 5.74) is 2.87. The lowest BCUT2D eigenvalue weighted by Gasteiger charge is -2.58. The highest BCUT2D eigenvalue weighted by molar-refractivity contribution is 5.89. The summed E-state index contributed by atoms with van der Waals surface area (Å²) in [5.74, 6) is 5.32. The van der Waals surface area contributed by atoms with Gasteiger partial charge in [0, 0.05) is 6.42 Å². The summed E-state index contributed by atoms with van der Waals surface area (Å²) in [5, 5.41) is 8.92. The quantitative estimate of drug-likeness (QED) is 0.195. The minimum Gasteiger partial charge on any atom is -0.468 e. The highest BCUT2D eigenvalue weighted by Gasteiger charge is 2.59. The second kappa shape index (κ2) is 11.6. The number of aliphatic hydroxyl groups excluding tert-OH is 1. The number of carbonyl (C=O) groups excluding carboxylic acids is 1. The van der Waals surface area contributed by atoms with E-state index in [1.807, 2.05) is 0 Å². The first-order valence-corrected chi connectivity index (χ1v) is 15.9. The molecule has 3 saturated carbocycles. The van der Waals surface area contributed by atoms with Gasteiger partial charge in [0.2, 0.25) is 0 Å². The molecule has 4 heteroatoms. The Morgan fingerprint density at radius 2 is 1.77 bits per heavy atom. The molecule has 216 valence electrons. The van der Waals surface area contributed by atoms with Crippen LogP contribution in [0.15, 0.2) is 35.9 Å². The maximum absolute atomic E-state index is 12.9. The predicted octanol–water partition coefficient (Wildman–Crippen LogP) is 8.58. The fraction of sp³-hybridized carbons (Fsp3) is 0.743. The first-order valence-electron chi connectivity index (χ1n) is 15.9. The van der Waals surface area contributed by atoms with Crippen LogP contribution >= 0.6 is 0 Å². The van der Waals surface area contributed by atoms with Crippen molar-refractivity contribution in [3.8, 4) is 5.75 Å². The molecule has 0 radical (unpaired) electrons. The lowest BCUT2D eigenvalue weighted by atomic mass is 9.47. The van der Waals surface area contributed by atoms with Crippen LogP contribution in [0.4, 0.5) is 0 Å². The molecule has 3 fully saturated rings. The number of esters is 1. The third kappa shape index (κ3) is 5.56. The van der Waals surface area contributed by atoms with E-state index in [0.717, 1.165) is 54.8 Å². The normalized spacial score (nSPS) is 36.4. The van der Waals surface area contributed by atoms with Gasteiger partial charge in [0.15, 0.2) is 6.79 Å². The average Bonchev–Trinajstić information content (AvgIpc) is 3.26. The van der Waals surface area contributed by atoms with E-state index < -0.39 is 0 Å². The van der Waals surface area contributed by atoms with Crippen molar-refractivity contribution in [2.75, 3.05) is 6.79 Å². The molecule has 4 aliphatic carbocycles. The zero-order valence-electron chi connectivity index (χ0n) is 25.1. The van der Waals surface area contributed by atoms with Gasteiger partial charge in [-0.1, -0.05) is 65.5 Å². The van der Waals surface area contributed by atoms with E-state index in [1.54, 1.807) is 29.8 Å². The molecule has 4 nitrogen and oxygen atoms in total. The number of allylic oxidation sites excluding steroid dienone is 1. The molecule has 0 heterocycles. The fourth-order valence-electron chi connectivity index (χ4n) is 9.73. The van der Waals surface area contributed by atoms with Crippen molar-refractivity contribution in [2.24, 2.45) is 46.3 Å². The molecule has 4 aliphatic rings. The van der Waals surface area contributed by atoms with Gasteiger partial charge < -0.3 is 14.6 Å². The Morgan fingerprint density at radius 1 is 1.00 bits per heavy atom. The van der Waals surface area contributed by atoms with Crippen molar-refractivity contribution in [1.82, 2.24) is 0 Å². The molecule has 0 spiro atoms. The minimum absolute atomic E-state index is 0.0434. The SMILES string of the molecule is CC(C)CCCC(C)C1CCC2C3CC=C4CC(OC(=O)c5ccc(OCO)cc5)CCC4(C)C3CCC12C. The van der Waals surface area contributed by atoms with Crippen molar-refractivity contribution in [1.29, 1.82) is 0 Å². The first-order chi connectivity index (χ1) is 18.7. The summed E-state index contributed by atoms with van der Waals surface area (Å²) in [4.78, 5) is 12.9. The van der Waals surface area contributed by atoms with Gasteiger partial charge in [0.25, 0.3) is 0 Å². The Bertz CT molecular complexity index is 1030. The first kappa shape index (κ1) is 28.7. The largest absolute Gasteiger partial charge is 0.468 e. The molecule has 5 rings (SSSR count). The van der Waals surface area contributed by atoms with Crippen LogP contribution in [0.2, 0.25) is 0 Å². The monoisotopic (exact) mass is 536 g/mol. The molecule has 0 aliphatic heterocycles. The second-order valence-electron chi connectivity index (χ2n) is 14.4. The van der Waals surface area contributed by atoms with Crippen LogP contribution in [0.3, 0.4) is 0 Å².